The van der Waals surface area contributed by atoms with Crippen molar-refractivity contribution in [3.05, 3.63) is 28.8 Å². The fourth-order valence-electron chi connectivity index (χ4n) is 2.73. The molecule has 2 aromatic rings. The zero-order valence-corrected chi connectivity index (χ0v) is 14.7. The number of H-pyrrole nitrogens is 1. The summed E-state index contributed by atoms with van der Waals surface area (Å²) in [5, 5.41) is 10.9. The van der Waals surface area contributed by atoms with E-state index in [1.165, 1.54) is 0 Å². The minimum absolute atomic E-state index is 0.0876. The van der Waals surface area contributed by atoms with E-state index in [0.29, 0.717) is 44.5 Å². The van der Waals surface area contributed by atoms with Crippen molar-refractivity contribution in [3.8, 4) is 5.88 Å². The van der Waals surface area contributed by atoms with Crippen molar-refractivity contribution >= 4 is 5.91 Å². The van der Waals surface area contributed by atoms with Crippen LogP contribution in [0.1, 0.15) is 47.3 Å². The van der Waals surface area contributed by atoms with E-state index < -0.39 is 0 Å². The Morgan fingerprint density at radius 2 is 2.20 bits per heavy atom. The van der Waals surface area contributed by atoms with E-state index in [1.807, 2.05) is 6.92 Å². The van der Waals surface area contributed by atoms with Crippen LogP contribution in [-0.2, 0) is 17.8 Å². The van der Waals surface area contributed by atoms with Gasteiger partial charge in [-0.05, 0) is 19.8 Å². The van der Waals surface area contributed by atoms with Gasteiger partial charge in [0.1, 0.15) is 18.1 Å². The molecule has 8 heteroatoms. The van der Waals surface area contributed by atoms with Crippen LogP contribution in [0.3, 0.4) is 0 Å². The summed E-state index contributed by atoms with van der Waals surface area (Å²) in [5.74, 6) is 1.06. The lowest BCUT2D eigenvalue weighted by Crippen LogP contribution is -2.40. The topological polar surface area (TPSA) is 93.5 Å². The van der Waals surface area contributed by atoms with Gasteiger partial charge in [-0.25, -0.2) is 0 Å². The first-order valence-corrected chi connectivity index (χ1v) is 8.68. The van der Waals surface area contributed by atoms with E-state index in [1.54, 1.807) is 11.0 Å². The van der Waals surface area contributed by atoms with Gasteiger partial charge in [0.05, 0.1) is 24.5 Å². The molecule has 1 amide bonds. The summed E-state index contributed by atoms with van der Waals surface area (Å²) >= 11 is 0. The number of rotatable bonds is 7. The quantitative estimate of drug-likeness (QED) is 0.823. The van der Waals surface area contributed by atoms with Gasteiger partial charge < -0.3 is 18.9 Å². The van der Waals surface area contributed by atoms with Crippen LogP contribution >= 0.6 is 0 Å². The highest BCUT2D eigenvalue weighted by molar-refractivity contribution is 5.92. The molecule has 3 heterocycles. The Morgan fingerprint density at radius 1 is 1.40 bits per heavy atom. The van der Waals surface area contributed by atoms with Gasteiger partial charge in [0, 0.05) is 19.2 Å². The van der Waals surface area contributed by atoms with Crippen molar-refractivity contribution in [2.45, 2.75) is 39.7 Å². The number of ether oxygens (including phenoxy) is 2. The van der Waals surface area contributed by atoms with Crippen molar-refractivity contribution in [3.63, 3.8) is 0 Å². The molecule has 1 N–H and O–H groups in total. The van der Waals surface area contributed by atoms with E-state index in [9.17, 15) is 4.79 Å². The Bertz CT molecular complexity index is 703. The van der Waals surface area contributed by atoms with Crippen molar-refractivity contribution in [1.29, 1.82) is 0 Å². The number of amides is 1. The predicted octanol–water partition coefficient (Wildman–Crippen LogP) is 2.10. The summed E-state index contributed by atoms with van der Waals surface area (Å²) in [4.78, 5) is 14.1. The number of hydrogen-bond acceptors (Lipinski definition) is 6. The van der Waals surface area contributed by atoms with Gasteiger partial charge in [0.25, 0.3) is 5.91 Å². The molecule has 0 aromatic carbocycles. The number of aryl methyl sites for hydroxylation is 2. The highest BCUT2D eigenvalue weighted by Gasteiger charge is 2.21. The molecule has 3 rings (SSSR count). The third kappa shape index (κ3) is 4.19. The Hall–Kier alpha value is -2.35. The lowest BCUT2D eigenvalue weighted by atomic mass is 10.1. The van der Waals surface area contributed by atoms with Gasteiger partial charge in [-0.2, -0.15) is 0 Å². The van der Waals surface area contributed by atoms with Gasteiger partial charge >= 0.3 is 0 Å². The monoisotopic (exact) mass is 348 g/mol. The van der Waals surface area contributed by atoms with E-state index in [0.717, 1.165) is 36.3 Å². The third-order valence-electron chi connectivity index (χ3n) is 4.28. The standard InChI is InChI=1S/C17H24N4O4/c1-3-4-5-14-13(12(2)25-20-14)11-24-16-10-15(18-19-16)17(22)21-6-8-23-9-7-21/h10H,3-9,11H2,1-2H3,(H,18,19). The van der Waals surface area contributed by atoms with Gasteiger partial charge in [0.15, 0.2) is 0 Å². The second-order valence-corrected chi connectivity index (χ2v) is 6.08. The molecule has 0 bridgehead atoms. The number of carbonyl (C=O) groups is 1. The fourth-order valence-corrected chi connectivity index (χ4v) is 2.73. The fraction of sp³-hybridized carbons (Fsp3) is 0.588. The maximum absolute atomic E-state index is 12.4. The van der Waals surface area contributed by atoms with E-state index in [2.05, 4.69) is 22.3 Å². The van der Waals surface area contributed by atoms with E-state index >= 15 is 0 Å². The van der Waals surface area contributed by atoms with Crippen molar-refractivity contribution < 1.29 is 18.8 Å². The number of nitrogens with zero attached hydrogens (tertiary/aromatic N) is 3. The van der Waals surface area contributed by atoms with Crippen LogP contribution in [0.15, 0.2) is 10.6 Å². The van der Waals surface area contributed by atoms with Gasteiger partial charge in [0.2, 0.25) is 5.88 Å². The average molecular weight is 348 g/mol. The molecular weight excluding hydrogens is 324 g/mol. The normalized spacial score (nSPS) is 14.7. The summed E-state index contributed by atoms with van der Waals surface area (Å²) in [6, 6.07) is 1.63. The maximum atomic E-state index is 12.4. The SMILES string of the molecule is CCCCc1noc(C)c1COc1cc(C(=O)N2CCOCC2)[nH]n1. The van der Waals surface area contributed by atoms with E-state index in [-0.39, 0.29) is 5.91 Å². The first-order valence-electron chi connectivity index (χ1n) is 8.68. The number of aromatic nitrogens is 3. The molecule has 0 unspecified atom stereocenters. The van der Waals surface area contributed by atoms with Crippen LogP contribution in [-0.4, -0.2) is 52.5 Å². The summed E-state index contributed by atoms with van der Waals surface area (Å²) in [5.41, 5.74) is 2.31. The highest BCUT2D eigenvalue weighted by Crippen LogP contribution is 2.19. The van der Waals surface area contributed by atoms with Crippen molar-refractivity contribution in [1.82, 2.24) is 20.3 Å². The van der Waals surface area contributed by atoms with Crippen LogP contribution in [0.25, 0.3) is 0 Å². The molecule has 25 heavy (non-hydrogen) atoms. The molecule has 1 fully saturated rings. The second kappa shape index (κ2) is 8.15. The lowest BCUT2D eigenvalue weighted by molar-refractivity contribution is 0.0299. The van der Waals surface area contributed by atoms with Gasteiger partial charge in [-0.3, -0.25) is 9.89 Å². The average Bonchev–Trinajstić information content (AvgIpc) is 3.25. The zero-order valence-electron chi connectivity index (χ0n) is 14.7. The molecule has 0 radical (unpaired) electrons. The van der Waals surface area contributed by atoms with Crippen LogP contribution < -0.4 is 4.74 Å². The molecule has 0 spiro atoms. The molecule has 1 aliphatic heterocycles. The number of morpholine rings is 1. The molecule has 0 atom stereocenters. The number of carbonyl (C=O) groups excluding carboxylic acids is 1. The summed E-state index contributed by atoms with van der Waals surface area (Å²) < 4.78 is 16.3. The zero-order chi connectivity index (χ0) is 17.6. The van der Waals surface area contributed by atoms with Crippen LogP contribution in [0, 0.1) is 6.92 Å². The molecule has 0 aliphatic carbocycles. The highest BCUT2D eigenvalue weighted by atomic mass is 16.5. The number of aromatic amines is 1. The predicted molar refractivity (Wildman–Crippen MR) is 89.5 cm³/mol. The minimum Gasteiger partial charge on any atom is -0.472 e. The summed E-state index contributed by atoms with van der Waals surface area (Å²) in [6.45, 7) is 6.65. The number of hydrogen-bond donors (Lipinski definition) is 1. The van der Waals surface area contributed by atoms with Crippen molar-refractivity contribution in [2.75, 3.05) is 26.3 Å². The summed E-state index contributed by atoms with van der Waals surface area (Å²) in [7, 11) is 0. The second-order valence-electron chi connectivity index (χ2n) is 6.08. The van der Waals surface area contributed by atoms with Crippen LogP contribution in [0.5, 0.6) is 5.88 Å². The smallest absolute Gasteiger partial charge is 0.272 e. The van der Waals surface area contributed by atoms with Gasteiger partial charge in [-0.1, -0.05) is 18.5 Å². The molecule has 2 aromatic heterocycles. The first-order chi connectivity index (χ1) is 12.2. The molecule has 0 saturated carbocycles. The number of unbranched alkanes of at least 4 members (excludes halogenated alkanes) is 1. The molecule has 136 valence electrons. The first kappa shape index (κ1) is 17.5. The van der Waals surface area contributed by atoms with Crippen molar-refractivity contribution in [2.24, 2.45) is 0 Å². The number of nitrogens with one attached hydrogen (secondary N) is 1. The Kier molecular flexibility index (Phi) is 5.70. The Labute approximate surface area is 146 Å². The maximum Gasteiger partial charge on any atom is 0.272 e. The van der Waals surface area contributed by atoms with Gasteiger partial charge in [-0.15, -0.1) is 5.10 Å². The Balaban J connectivity index is 1.60. The van der Waals surface area contributed by atoms with E-state index in [4.69, 9.17) is 14.0 Å². The summed E-state index contributed by atoms with van der Waals surface area (Å²) in [6.07, 6.45) is 3.02. The largest absolute Gasteiger partial charge is 0.472 e. The molecule has 1 saturated heterocycles. The van der Waals surface area contributed by atoms with Crippen LogP contribution in [0.4, 0.5) is 0 Å². The van der Waals surface area contributed by atoms with Crippen LogP contribution in [0.2, 0.25) is 0 Å². The Morgan fingerprint density at radius 3 is 2.96 bits per heavy atom. The molecular formula is C17H24N4O4. The minimum atomic E-state index is -0.0876. The third-order valence-corrected chi connectivity index (χ3v) is 4.28. The molecule has 1 aliphatic rings. The lowest BCUT2D eigenvalue weighted by Gasteiger charge is -2.26. The molecule has 8 nitrogen and oxygen atoms in total.